The number of hydrogen-bond donors (Lipinski definition) is 6. The number of aromatic nitrogens is 1. The second-order valence-corrected chi connectivity index (χ2v) is 25.9. The number of aromatic hydroxyl groups is 2. The lowest BCUT2D eigenvalue weighted by Crippen LogP contribution is -2.42. The molecule has 80 heavy (non-hydrogen) atoms. The van der Waals surface area contributed by atoms with Crippen LogP contribution in [0.5, 0.6) is 11.8 Å². The highest BCUT2D eigenvalue weighted by Crippen LogP contribution is 2.53. The van der Waals surface area contributed by atoms with Crippen LogP contribution in [0, 0.1) is 0 Å². The number of unbranched alkanes of at least 4 members (excludes halogenated alkanes) is 2. The van der Waals surface area contributed by atoms with Crippen molar-refractivity contribution in [1.29, 1.82) is 0 Å². The molecule has 4 aromatic carbocycles. The highest BCUT2D eigenvalue weighted by Gasteiger charge is 2.51. The van der Waals surface area contributed by atoms with Crippen molar-refractivity contribution in [3.63, 3.8) is 0 Å². The van der Waals surface area contributed by atoms with Gasteiger partial charge in [-0.2, -0.15) is 38.2 Å². The molecule has 0 radical (unpaired) electrons. The second kappa shape index (κ2) is 25.0. The quantitative estimate of drug-likeness (QED) is 0.0179. The van der Waals surface area contributed by atoms with Crippen LogP contribution in [-0.2, 0) is 79.8 Å². The highest BCUT2D eigenvalue weighted by molar-refractivity contribution is 7.87. The molecule has 6 N–H and O–H groups in total. The van der Waals surface area contributed by atoms with Crippen LogP contribution in [0.4, 0.5) is 11.4 Å². The van der Waals surface area contributed by atoms with E-state index in [1.54, 1.807) is 19.2 Å². The smallest absolute Gasteiger partial charge is 0.333 e. The Morgan fingerprint density at radius 3 is 1.66 bits per heavy atom. The Morgan fingerprint density at radius 2 is 1.12 bits per heavy atom. The molecule has 0 saturated heterocycles. The van der Waals surface area contributed by atoms with Gasteiger partial charge >= 0.3 is 5.97 Å². The summed E-state index contributed by atoms with van der Waals surface area (Å²) >= 11 is 0. The molecule has 2 unspecified atom stereocenters. The molecule has 2 aliphatic heterocycles. The van der Waals surface area contributed by atoms with Crippen LogP contribution in [0.15, 0.2) is 80.2 Å². The molecule has 0 fully saturated rings. The van der Waals surface area contributed by atoms with Crippen LogP contribution in [0.1, 0.15) is 83.3 Å². The minimum absolute atomic E-state index is 0.00103. The van der Waals surface area contributed by atoms with E-state index in [1.165, 1.54) is 31.4 Å². The fourth-order valence-electron chi connectivity index (χ4n) is 11.2. The maximum absolute atomic E-state index is 12.9. The van der Waals surface area contributed by atoms with E-state index in [4.69, 9.17) is 28.5 Å². The highest BCUT2D eigenvalue weighted by atomic mass is 32.2. The maximum atomic E-state index is 12.9. The molecule has 5 aromatic rings. The summed E-state index contributed by atoms with van der Waals surface area (Å²) in [6.45, 7) is 8.64. The molecule has 0 spiro atoms. The topological polar surface area (TPSA) is 342 Å². The first kappa shape index (κ1) is 62.3. The van der Waals surface area contributed by atoms with Gasteiger partial charge in [-0.15, -0.1) is 4.73 Å². The summed E-state index contributed by atoms with van der Waals surface area (Å²) in [4.78, 5) is 17.0. The fraction of sp³-hybridized carbons (Fsp3) is 0.500. The summed E-state index contributed by atoms with van der Waals surface area (Å²) in [6, 6.07) is 11.9. The number of nitrogens with zero attached hydrogens (tertiary/aromatic N) is 3. The minimum atomic E-state index is -5.07. The van der Waals surface area contributed by atoms with Gasteiger partial charge in [-0.25, -0.2) is 4.79 Å². The summed E-state index contributed by atoms with van der Waals surface area (Å²) in [5, 5.41) is 20.2. The van der Waals surface area contributed by atoms with Crippen molar-refractivity contribution in [3.05, 3.63) is 71.8 Å². The Kier molecular flexibility index (Phi) is 19.5. The first-order valence-electron chi connectivity index (χ1n) is 25.6. The Labute approximate surface area is 464 Å². The lowest BCUT2D eigenvalue weighted by molar-refractivity contribution is -0.443. The van der Waals surface area contributed by atoms with Crippen molar-refractivity contribution < 1.29 is 100.0 Å². The third-order valence-corrected chi connectivity index (χ3v) is 18.3. The Balaban J connectivity index is 1.25. The van der Waals surface area contributed by atoms with Gasteiger partial charge in [0.1, 0.15) is 16.4 Å². The van der Waals surface area contributed by atoms with E-state index in [0.29, 0.717) is 111 Å². The van der Waals surface area contributed by atoms with E-state index >= 15 is 0 Å². The standard InChI is InChI=1S/C52H67N3O21S4/c1-51(2)44(53(20-8-6-7-12-48(58)76-55-46(56)17-18-47(55)57)40-15-13-36-38(49(40)51)30-34(77(59,60)61)32-42(36)79(65,66)67)10-9-11-45-52(3,19-22-73-26-27-75-29-28-74-25-24-72-5)50-39-31-35(78(62,63)64)33-43(80(68,69)70)37(39)14-16-41(50)54(45)21-23-71-4/h13-18,30-33,44H,6-12,19-29H2,1-5H3,(H5-,56,57,59,60,61,62,63,64,65,66,67,68,69,70)/p+1. The summed E-state index contributed by atoms with van der Waals surface area (Å²) < 4.78 is 174. The molecule has 0 saturated carbocycles. The zero-order valence-electron chi connectivity index (χ0n) is 44.9. The number of carbonyl (C=O) groups excluding carboxylic acids is 1. The van der Waals surface area contributed by atoms with Gasteiger partial charge in [-0.1, -0.05) is 26.3 Å². The molecule has 1 aromatic heterocycles. The molecular formula is C52H68N3O21S4+. The molecule has 3 heterocycles. The van der Waals surface area contributed by atoms with Crippen LogP contribution in [-0.4, -0.2) is 169 Å². The number of hydrogen-bond acceptors (Lipinski definition) is 18. The van der Waals surface area contributed by atoms with Gasteiger partial charge in [-0.05, 0) is 91.8 Å². The molecule has 0 aliphatic carbocycles. The van der Waals surface area contributed by atoms with Crippen LogP contribution in [0.3, 0.4) is 0 Å². The van der Waals surface area contributed by atoms with Crippen molar-refractivity contribution in [3.8, 4) is 11.8 Å². The maximum Gasteiger partial charge on any atom is 0.333 e. The van der Waals surface area contributed by atoms with Crippen molar-refractivity contribution in [2.75, 3.05) is 85.1 Å². The third kappa shape index (κ3) is 13.6. The second-order valence-electron chi connectivity index (χ2n) is 20.3. The Hall–Kier alpha value is -5.34. The number of fused-ring (bicyclic) bond motifs is 6. The number of methoxy groups -OCH3 is 2. The molecule has 440 valence electrons. The van der Waals surface area contributed by atoms with Gasteiger partial charge in [0, 0.05) is 91.9 Å². The van der Waals surface area contributed by atoms with Gasteiger partial charge in [-0.3, -0.25) is 18.2 Å². The fourth-order valence-corrected chi connectivity index (χ4v) is 13.9. The Morgan fingerprint density at radius 1 is 0.600 bits per heavy atom. The summed E-state index contributed by atoms with van der Waals surface area (Å²) in [5.74, 6) is -1.66. The third-order valence-electron chi connectivity index (χ3n) is 14.8. The molecule has 24 nitrogen and oxygen atoms in total. The molecule has 2 aliphatic rings. The van der Waals surface area contributed by atoms with Crippen LogP contribution in [0.2, 0.25) is 0 Å². The monoisotopic (exact) mass is 1200 g/mol. The molecule has 2 atom stereocenters. The lowest BCUT2D eigenvalue weighted by Gasteiger charge is -2.35. The van der Waals surface area contributed by atoms with E-state index in [0.717, 1.165) is 17.8 Å². The Bertz CT molecular complexity index is 3600. The number of benzene rings is 4. The van der Waals surface area contributed by atoms with Gasteiger partial charge in [0.25, 0.3) is 40.5 Å². The van der Waals surface area contributed by atoms with Gasteiger partial charge in [0.05, 0.1) is 54.8 Å². The molecule has 7 rings (SSSR count). The van der Waals surface area contributed by atoms with E-state index < -0.39 is 94.7 Å². The van der Waals surface area contributed by atoms with Crippen molar-refractivity contribution in [2.45, 2.75) is 109 Å². The predicted molar refractivity (Wildman–Crippen MR) is 291 cm³/mol. The average molecular weight is 1200 g/mol. The van der Waals surface area contributed by atoms with Crippen LogP contribution < -0.4 is 9.74 Å². The zero-order valence-corrected chi connectivity index (χ0v) is 48.1. The van der Waals surface area contributed by atoms with E-state index in [9.17, 15) is 66.9 Å². The van der Waals surface area contributed by atoms with E-state index in [1.807, 2.05) is 25.3 Å². The summed E-state index contributed by atoms with van der Waals surface area (Å²) in [5.41, 5.74) is 1.06. The lowest BCUT2D eigenvalue weighted by atomic mass is 9.73. The zero-order chi connectivity index (χ0) is 58.6. The molecule has 0 bridgehead atoms. The van der Waals surface area contributed by atoms with Crippen LogP contribution in [0.25, 0.3) is 21.5 Å². The van der Waals surface area contributed by atoms with Crippen molar-refractivity contribution in [1.82, 2.24) is 4.73 Å². The molecule has 0 amide bonds. The van der Waals surface area contributed by atoms with Gasteiger partial charge in [0.2, 0.25) is 17.4 Å². The first-order chi connectivity index (χ1) is 37.5. The largest absolute Gasteiger partial charge is 0.492 e. The molecular weight excluding hydrogens is 1130 g/mol. The normalized spacial score (nSPS) is 17.5. The van der Waals surface area contributed by atoms with Crippen LogP contribution >= 0.6 is 0 Å². The predicted octanol–water partition coefficient (Wildman–Crippen LogP) is 5.83. The first-order valence-corrected chi connectivity index (χ1v) is 31.4. The van der Waals surface area contributed by atoms with Crippen molar-refractivity contribution in [2.24, 2.45) is 0 Å². The molecule has 28 heteroatoms. The average Bonchev–Trinajstić information content (AvgIpc) is 3.96. The number of carbonyl (C=O) groups is 1. The number of ether oxygens (including phenoxy) is 5. The summed E-state index contributed by atoms with van der Waals surface area (Å²) in [6.07, 6.45) is 2.69. The number of rotatable bonds is 30. The number of anilines is 1. The van der Waals surface area contributed by atoms with E-state index in [2.05, 4.69) is 4.90 Å². The SMILES string of the molecule is COCCOCCOCCOCCC1(C)C(CCCC2N(CCCCCC(=O)On3c(O)ccc3O)c3ccc4c(S(=O)(=O)O)cc(S(=O)(=O)O)cc4c3C2(C)C)=[N+](CCOC)c2ccc3c(S(=O)(=O)O)cc(S(=O)(=O)O)cc3c21. The summed E-state index contributed by atoms with van der Waals surface area (Å²) in [7, 11) is -17.1. The van der Waals surface area contributed by atoms with Gasteiger partial charge in [0.15, 0.2) is 12.3 Å². The van der Waals surface area contributed by atoms with E-state index in [-0.39, 0.29) is 67.4 Å². The minimum Gasteiger partial charge on any atom is -0.492 e. The van der Waals surface area contributed by atoms with Crippen molar-refractivity contribution >= 4 is 85.1 Å². The van der Waals surface area contributed by atoms with Gasteiger partial charge < -0.3 is 43.6 Å².